The Kier molecular flexibility index (Phi) is 8.11. The molecule has 1 aliphatic heterocycles. The van der Waals surface area contributed by atoms with Crippen LogP contribution in [0.5, 0.6) is 11.5 Å². The number of nitrogens with one attached hydrogen (secondary N) is 1. The molecular weight excluding hydrogens is 532 g/mol. The second-order valence-corrected chi connectivity index (χ2v) is 9.29. The van der Waals surface area contributed by atoms with Crippen molar-refractivity contribution in [3.05, 3.63) is 63.0 Å². The van der Waals surface area contributed by atoms with Crippen LogP contribution in [-0.2, 0) is 9.59 Å². The van der Waals surface area contributed by atoms with Crippen molar-refractivity contribution < 1.29 is 29.0 Å². The first-order chi connectivity index (χ1) is 15.7. The van der Waals surface area contributed by atoms with Crippen LogP contribution in [-0.4, -0.2) is 44.9 Å². The third-order valence-corrected chi connectivity index (χ3v) is 6.16. The number of hydrogen-bond acceptors (Lipinski definition) is 7. The fourth-order valence-electron chi connectivity index (χ4n) is 2.70. The predicted molar refractivity (Wildman–Crippen MR) is 132 cm³/mol. The molecule has 1 saturated heterocycles. The molecule has 0 spiro atoms. The highest BCUT2D eigenvalue weighted by Gasteiger charge is 2.34. The maximum Gasteiger partial charge on any atom is 0.344 e. The Morgan fingerprint density at radius 3 is 2.58 bits per heavy atom. The van der Waals surface area contributed by atoms with Crippen LogP contribution in [0.15, 0.2) is 51.8 Å². The molecule has 1 heterocycles. The Balaban J connectivity index is 1.79. The van der Waals surface area contributed by atoms with Crippen LogP contribution >= 0.6 is 39.9 Å². The maximum absolute atomic E-state index is 12.8. The molecule has 2 amide bonds. The van der Waals surface area contributed by atoms with Crippen LogP contribution < -0.4 is 14.9 Å². The van der Waals surface area contributed by atoms with Crippen molar-refractivity contribution in [1.29, 1.82) is 0 Å². The number of halogens is 1. The molecule has 2 N–H and O–H groups in total. The number of thioether (sulfide) groups is 1. The molecule has 1 atom stereocenters. The van der Waals surface area contributed by atoms with Crippen molar-refractivity contribution in [2.45, 2.75) is 20.0 Å². The van der Waals surface area contributed by atoms with Gasteiger partial charge < -0.3 is 14.6 Å². The smallest absolute Gasteiger partial charge is 0.344 e. The predicted octanol–water partition coefficient (Wildman–Crippen LogP) is 4.25. The Morgan fingerprint density at radius 2 is 1.94 bits per heavy atom. The number of nitrogens with zero attached hydrogens (tertiary/aromatic N) is 1. The standard InChI is InChI=1S/C22H19BrN2O6S2/c1-3-30-17-10-13(4-9-16(17)31-12(2)21(28)29)11-18-20(27)25(22(32)33-18)24-19(26)14-5-7-15(23)8-6-14/h4-12H,3H2,1-2H3,(H,24,26)(H,28,29)/b18-11+. The number of amides is 2. The van der Waals surface area contributed by atoms with Crippen molar-refractivity contribution in [3.63, 3.8) is 0 Å². The van der Waals surface area contributed by atoms with Gasteiger partial charge in [-0.25, -0.2) is 4.79 Å². The van der Waals surface area contributed by atoms with Gasteiger partial charge in [0, 0.05) is 10.0 Å². The first-order valence-corrected chi connectivity index (χ1v) is 11.7. The Hall–Kier alpha value is -2.89. The van der Waals surface area contributed by atoms with Crippen LogP contribution in [0.2, 0.25) is 0 Å². The first kappa shape index (κ1) is 24.7. The minimum absolute atomic E-state index is 0.192. The lowest BCUT2D eigenvalue weighted by molar-refractivity contribution is -0.144. The number of carboxylic acids is 1. The number of carbonyl (C=O) groups excluding carboxylic acids is 2. The van der Waals surface area contributed by atoms with Crippen molar-refractivity contribution in [2.75, 3.05) is 6.61 Å². The van der Waals surface area contributed by atoms with Crippen LogP contribution in [0.3, 0.4) is 0 Å². The van der Waals surface area contributed by atoms with Crippen molar-refractivity contribution >= 4 is 68.1 Å². The number of carboxylic acid groups (broad SMARTS) is 1. The zero-order valence-corrected chi connectivity index (χ0v) is 20.8. The minimum atomic E-state index is -1.10. The SMILES string of the molecule is CCOc1cc(/C=C2/SC(=S)N(NC(=O)c3ccc(Br)cc3)C2=O)ccc1OC(C)C(=O)O. The number of hydrogen-bond donors (Lipinski definition) is 2. The molecule has 2 aromatic rings. The first-order valence-electron chi connectivity index (χ1n) is 9.70. The Bertz CT molecular complexity index is 1140. The zero-order valence-electron chi connectivity index (χ0n) is 17.5. The molecule has 172 valence electrons. The molecule has 1 aliphatic rings. The van der Waals surface area contributed by atoms with Crippen LogP contribution in [0, 0.1) is 0 Å². The van der Waals surface area contributed by atoms with Gasteiger partial charge in [0.25, 0.3) is 11.8 Å². The molecule has 0 radical (unpaired) electrons. The summed E-state index contributed by atoms with van der Waals surface area (Å²) in [5, 5.41) is 10.1. The van der Waals surface area contributed by atoms with Gasteiger partial charge in [0.15, 0.2) is 21.9 Å². The van der Waals surface area contributed by atoms with Crippen LogP contribution in [0.4, 0.5) is 0 Å². The molecule has 0 saturated carbocycles. The second kappa shape index (κ2) is 10.8. The lowest BCUT2D eigenvalue weighted by atomic mass is 10.2. The third kappa shape index (κ3) is 6.12. The highest BCUT2D eigenvalue weighted by molar-refractivity contribution is 9.10. The highest BCUT2D eigenvalue weighted by atomic mass is 79.9. The van der Waals surface area contributed by atoms with E-state index in [1.54, 1.807) is 55.5 Å². The van der Waals surface area contributed by atoms with E-state index in [-0.39, 0.29) is 10.1 Å². The van der Waals surface area contributed by atoms with E-state index in [0.717, 1.165) is 21.2 Å². The van der Waals surface area contributed by atoms with Gasteiger partial charge in [0.2, 0.25) is 0 Å². The van der Waals surface area contributed by atoms with Gasteiger partial charge in [0.05, 0.1) is 11.5 Å². The largest absolute Gasteiger partial charge is 0.490 e. The maximum atomic E-state index is 12.8. The van der Waals surface area contributed by atoms with Gasteiger partial charge >= 0.3 is 5.97 Å². The monoisotopic (exact) mass is 550 g/mol. The van der Waals surface area contributed by atoms with Crippen molar-refractivity contribution in [1.82, 2.24) is 10.4 Å². The summed E-state index contributed by atoms with van der Waals surface area (Å²) in [4.78, 5) is 36.7. The summed E-state index contributed by atoms with van der Waals surface area (Å²) < 4.78 is 12.0. The van der Waals surface area contributed by atoms with Crippen LogP contribution in [0.25, 0.3) is 6.08 Å². The number of rotatable bonds is 8. The summed E-state index contributed by atoms with van der Waals surface area (Å²) in [6.07, 6.45) is 0.554. The molecule has 33 heavy (non-hydrogen) atoms. The van der Waals surface area contributed by atoms with E-state index >= 15 is 0 Å². The molecule has 3 rings (SSSR count). The number of thiocarbonyl (C=S) groups is 1. The fraction of sp³-hybridized carbons (Fsp3) is 0.182. The highest BCUT2D eigenvalue weighted by Crippen LogP contribution is 2.34. The number of ether oxygens (including phenoxy) is 2. The number of aliphatic carboxylic acids is 1. The van der Waals surface area contributed by atoms with E-state index < -0.39 is 23.9 Å². The summed E-state index contributed by atoms with van der Waals surface area (Å²) in [6, 6.07) is 11.6. The average Bonchev–Trinajstić information content (AvgIpc) is 3.03. The summed E-state index contributed by atoms with van der Waals surface area (Å²) in [5.41, 5.74) is 3.53. The zero-order chi connectivity index (χ0) is 24.1. The normalized spacial score (nSPS) is 15.5. The number of hydrazine groups is 1. The van der Waals surface area contributed by atoms with Gasteiger partial charge in [-0.05, 0) is 74.1 Å². The van der Waals surface area contributed by atoms with Gasteiger partial charge in [-0.3, -0.25) is 15.0 Å². The van der Waals surface area contributed by atoms with E-state index in [4.69, 9.17) is 26.8 Å². The van der Waals surface area contributed by atoms with Gasteiger partial charge in [-0.1, -0.05) is 33.8 Å². The van der Waals surface area contributed by atoms with E-state index in [1.165, 1.54) is 6.92 Å². The van der Waals surface area contributed by atoms with Gasteiger partial charge in [0.1, 0.15) is 0 Å². The molecular formula is C22H19BrN2O6S2. The lowest BCUT2D eigenvalue weighted by Gasteiger charge is -2.16. The summed E-state index contributed by atoms with van der Waals surface area (Å²) in [6.45, 7) is 3.54. The fourth-order valence-corrected chi connectivity index (χ4v) is 4.15. The van der Waals surface area contributed by atoms with Crippen molar-refractivity contribution in [3.8, 4) is 11.5 Å². The molecule has 8 nitrogen and oxygen atoms in total. The Morgan fingerprint density at radius 1 is 1.24 bits per heavy atom. The molecule has 0 aliphatic carbocycles. The summed E-state index contributed by atoms with van der Waals surface area (Å²) in [5.74, 6) is -1.41. The lowest BCUT2D eigenvalue weighted by Crippen LogP contribution is -2.44. The average molecular weight is 551 g/mol. The molecule has 0 aromatic heterocycles. The van der Waals surface area contributed by atoms with E-state index in [0.29, 0.717) is 28.4 Å². The summed E-state index contributed by atoms with van der Waals surface area (Å²) >= 11 is 9.62. The van der Waals surface area contributed by atoms with E-state index in [9.17, 15) is 14.4 Å². The van der Waals surface area contributed by atoms with Gasteiger partial charge in [-0.2, -0.15) is 5.01 Å². The van der Waals surface area contributed by atoms with E-state index in [2.05, 4.69) is 21.4 Å². The number of carbonyl (C=O) groups is 3. The van der Waals surface area contributed by atoms with Crippen LogP contribution in [0.1, 0.15) is 29.8 Å². The summed E-state index contributed by atoms with van der Waals surface area (Å²) in [7, 11) is 0. The number of benzene rings is 2. The molecule has 1 unspecified atom stereocenters. The second-order valence-electron chi connectivity index (χ2n) is 6.70. The third-order valence-electron chi connectivity index (χ3n) is 4.33. The topological polar surface area (TPSA) is 105 Å². The molecule has 2 aromatic carbocycles. The van der Waals surface area contributed by atoms with E-state index in [1.807, 2.05) is 0 Å². The minimum Gasteiger partial charge on any atom is -0.490 e. The van der Waals surface area contributed by atoms with Gasteiger partial charge in [-0.15, -0.1) is 0 Å². The Labute approximate surface area is 208 Å². The molecule has 1 fully saturated rings. The van der Waals surface area contributed by atoms with Crippen molar-refractivity contribution in [2.24, 2.45) is 0 Å². The molecule has 0 bridgehead atoms. The molecule has 11 heteroatoms. The quantitative estimate of drug-likeness (QED) is 0.371.